The maximum atomic E-state index is 13.2. The van der Waals surface area contributed by atoms with E-state index in [4.69, 9.17) is 9.47 Å². The van der Waals surface area contributed by atoms with Gasteiger partial charge in [0.25, 0.3) is 0 Å². The summed E-state index contributed by atoms with van der Waals surface area (Å²) in [6.45, 7) is 5.67. The molecule has 1 saturated heterocycles. The number of Topliss-reactive ketones (excluding diaryl/α,β-unsaturated/α-hetero) is 1. The Labute approximate surface area is 183 Å². The molecule has 6 heteroatoms. The van der Waals surface area contributed by atoms with E-state index in [1.165, 1.54) is 0 Å². The van der Waals surface area contributed by atoms with Crippen molar-refractivity contribution in [3.8, 4) is 0 Å². The van der Waals surface area contributed by atoms with Crippen LogP contribution in [0.5, 0.6) is 0 Å². The molecule has 0 radical (unpaired) electrons. The van der Waals surface area contributed by atoms with Gasteiger partial charge in [0, 0.05) is 16.7 Å². The normalized spacial score (nSPS) is 50.4. The molecule has 2 N–H and O–H groups in total. The minimum Gasteiger partial charge on any atom is -0.393 e. The third kappa shape index (κ3) is 2.65. The summed E-state index contributed by atoms with van der Waals surface area (Å²) < 4.78 is 12.7. The number of fused-ring (bicyclic) bond motifs is 7. The van der Waals surface area contributed by atoms with Crippen molar-refractivity contribution in [2.75, 3.05) is 6.61 Å². The predicted molar refractivity (Wildman–Crippen MR) is 113 cm³/mol. The van der Waals surface area contributed by atoms with Gasteiger partial charge < -0.3 is 19.7 Å². The van der Waals surface area contributed by atoms with E-state index in [2.05, 4.69) is 20.8 Å². The standard InChI is InChI=1S/C25H34O6/c1-4-5-21-30-20-11-17-16-7-6-14-10-15(27)8-9-23(14,2)22(16)18(28)12-24(17,3)25(20,31-21)19(29)13-26/h8-10,16-18,20-22,26,28H,4-7,11-13H2,1-3H3/t16-,17-,18?,20+,21?,22+,23-,24-,25+/m0/s1. The zero-order valence-electron chi connectivity index (χ0n) is 18.7. The van der Waals surface area contributed by atoms with Crippen molar-refractivity contribution in [1.29, 1.82) is 0 Å². The van der Waals surface area contributed by atoms with Gasteiger partial charge in [0.2, 0.25) is 0 Å². The van der Waals surface area contributed by atoms with E-state index in [0.29, 0.717) is 19.3 Å². The molecule has 0 bridgehead atoms. The van der Waals surface area contributed by atoms with E-state index >= 15 is 0 Å². The van der Waals surface area contributed by atoms with Crippen LogP contribution < -0.4 is 0 Å². The Morgan fingerprint density at radius 1 is 1.32 bits per heavy atom. The second kappa shape index (κ2) is 7.08. The van der Waals surface area contributed by atoms with Crippen molar-refractivity contribution in [2.24, 2.45) is 28.6 Å². The molecule has 4 aliphatic carbocycles. The van der Waals surface area contributed by atoms with Crippen molar-refractivity contribution in [2.45, 2.75) is 83.4 Å². The van der Waals surface area contributed by atoms with Crippen molar-refractivity contribution in [1.82, 2.24) is 0 Å². The summed E-state index contributed by atoms with van der Waals surface area (Å²) >= 11 is 0. The maximum Gasteiger partial charge on any atom is 0.193 e. The molecule has 4 fully saturated rings. The molecule has 0 aromatic heterocycles. The largest absolute Gasteiger partial charge is 0.393 e. The van der Waals surface area contributed by atoms with Crippen LogP contribution in [0.1, 0.15) is 59.3 Å². The second-order valence-corrected chi connectivity index (χ2v) is 10.7. The van der Waals surface area contributed by atoms with Gasteiger partial charge in [-0.3, -0.25) is 9.59 Å². The summed E-state index contributed by atoms with van der Waals surface area (Å²) in [7, 11) is 0. The quantitative estimate of drug-likeness (QED) is 0.712. The Bertz CT molecular complexity index is 862. The molecular formula is C25H34O6. The molecule has 170 valence electrons. The Morgan fingerprint density at radius 3 is 2.81 bits per heavy atom. The molecule has 1 aliphatic heterocycles. The van der Waals surface area contributed by atoms with E-state index in [1.807, 2.05) is 6.08 Å². The first-order chi connectivity index (χ1) is 14.7. The molecule has 3 saturated carbocycles. The van der Waals surface area contributed by atoms with Gasteiger partial charge in [0.15, 0.2) is 23.5 Å². The SMILES string of the molecule is CCCC1O[C@@H]2C[C@H]3[C@@H]4CCC5=CC(=O)C=C[C@]5(C)[C@H]4C(O)C[C@]3(C)[C@]2(C(=O)CO)O1. The van der Waals surface area contributed by atoms with Crippen LogP contribution >= 0.6 is 0 Å². The Hall–Kier alpha value is -1.34. The first-order valence-electron chi connectivity index (χ1n) is 11.8. The topological polar surface area (TPSA) is 93.1 Å². The van der Waals surface area contributed by atoms with Gasteiger partial charge >= 0.3 is 0 Å². The lowest BCUT2D eigenvalue weighted by Crippen LogP contribution is -2.63. The van der Waals surface area contributed by atoms with Crippen LogP contribution in [0.3, 0.4) is 0 Å². The van der Waals surface area contributed by atoms with Crippen LogP contribution in [0.15, 0.2) is 23.8 Å². The molecule has 1 heterocycles. The fourth-order valence-electron chi connectivity index (χ4n) is 8.12. The molecule has 0 aromatic carbocycles. The minimum absolute atomic E-state index is 0.0125. The van der Waals surface area contributed by atoms with Crippen LogP contribution in [0.25, 0.3) is 0 Å². The molecule has 0 amide bonds. The maximum absolute atomic E-state index is 13.2. The third-order valence-electron chi connectivity index (χ3n) is 9.37. The highest BCUT2D eigenvalue weighted by Gasteiger charge is 2.75. The fourth-order valence-corrected chi connectivity index (χ4v) is 8.12. The van der Waals surface area contributed by atoms with E-state index in [-0.39, 0.29) is 34.7 Å². The number of rotatable bonds is 4. The van der Waals surface area contributed by atoms with Gasteiger partial charge in [-0.05, 0) is 56.1 Å². The van der Waals surface area contributed by atoms with Gasteiger partial charge in [-0.1, -0.05) is 38.8 Å². The summed E-state index contributed by atoms with van der Waals surface area (Å²) in [5.74, 6) is 0.0274. The lowest BCUT2D eigenvalue weighted by molar-refractivity contribution is -0.200. The van der Waals surface area contributed by atoms with Crippen LogP contribution in [0.4, 0.5) is 0 Å². The summed E-state index contributed by atoms with van der Waals surface area (Å²) in [6.07, 6.45) is 8.31. The average Bonchev–Trinajstić information content (AvgIpc) is 3.20. The highest BCUT2D eigenvalue weighted by Crippen LogP contribution is 2.69. The van der Waals surface area contributed by atoms with Crippen LogP contribution in [0, 0.1) is 28.6 Å². The number of carbonyl (C=O) groups excluding carboxylic acids is 2. The number of aliphatic hydroxyl groups excluding tert-OH is 2. The fraction of sp³-hybridized carbons (Fsp3) is 0.760. The summed E-state index contributed by atoms with van der Waals surface area (Å²) in [5, 5.41) is 21.4. The third-order valence-corrected chi connectivity index (χ3v) is 9.37. The molecule has 2 unspecified atom stereocenters. The smallest absolute Gasteiger partial charge is 0.193 e. The molecule has 6 nitrogen and oxygen atoms in total. The van der Waals surface area contributed by atoms with Crippen LogP contribution in [-0.2, 0) is 19.1 Å². The Balaban J connectivity index is 1.55. The van der Waals surface area contributed by atoms with E-state index in [9.17, 15) is 19.8 Å². The average molecular weight is 431 g/mol. The summed E-state index contributed by atoms with van der Waals surface area (Å²) in [5.41, 5.74) is -1.05. The number of hydrogen-bond acceptors (Lipinski definition) is 6. The van der Waals surface area contributed by atoms with Gasteiger partial charge in [-0.2, -0.15) is 0 Å². The molecule has 0 aromatic rings. The summed E-state index contributed by atoms with van der Waals surface area (Å²) in [4.78, 5) is 25.2. The zero-order chi connectivity index (χ0) is 22.2. The molecule has 0 spiro atoms. The lowest BCUT2D eigenvalue weighted by Gasteiger charge is -2.59. The number of ketones is 2. The zero-order valence-corrected chi connectivity index (χ0v) is 18.7. The first kappa shape index (κ1) is 21.5. The number of allylic oxidation sites excluding steroid dienone is 4. The number of carbonyl (C=O) groups is 2. The molecule has 31 heavy (non-hydrogen) atoms. The Kier molecular flexibility index (Phi) is 4.91. The second-order valence-electron chi connectivity index (χ2n) is 10.7. The van der Waals surface area contributed by atoms with E-state index in [1.54, 1.807) is 12.2 Å². The van der Waals surface area contributed by atoms with Crippen LogP contribution in [-0.4, -0.2) is 52.5 Å². The molecule has 5 rings (SSSR count). The molecule has 9 atom stereocenters. The van der Waals surface area contributed by atoms with Crippen LogP contribution in [0.2, 0.25) is 0 Å². The van der Waals surface area contributed by atoms with Crippen molar-refractivity contribution < 1.29 is 29.3 Å². The monoisotopic (exact) mass is 430 g/mol. The van der Waals surface area contributed by atoms with Gasteiger partial charge in [-0.25, -0.2) is 0 Å². The van der Waals surface area contributed by atoms with E-state index in [0.717, 1.165) is 24.8 Å². The Morgan fingerprint density at radius 2 is 2.10 bits per heavy atom. The predicted octanol–water partition coefficient (Wildman–Crippen LogP) is 2.72. The molecule has 5 aliphatic rings. The van der Waals surface area contributed by atoms with Gasteiger partial charge in [0.05, 0.1) is 12.2 Å². The summed E-state index contributed by atoms with van der Waals surface area (Å²) in [6, 6.07) is 0. The number of ether oxygens (including phenoxy) is 2. The minimum atomic E-state index is -1.20. The lowest BCUT2D eigenvalue weighted by atomic mass is 9.46. The van der Waals surface area contributed by atoms with E-state index < -0.39 is 36.1 Å². The number of aliphatic hydroxyl groups is 2. The highest BCUT2D eigenvalue weighted by atomic mass is 16.7. The molecular weight excluding hydrogens is 396 g/mol. The first-order valence-corrected chi connectivity index (χ1v) is 11.8. The van der Waals surface area contributed by atoms with Crippen molar-refractivity contribution in [3.05, 3.63) is 23.8 Å². The van der Waals surface area contributed by atoms with Gasteiger partial charge in [0.1, 0.15) is 6.61 Å². The highest BCUT2D eigenvalue weighted by molar-refractivity contribution is 6.01. The van der Waals surface area contributed by atoms with Gasteiger partial charge in [-0.15, -0.1) is 0 Å². The van der Waals surface area contributed by atoms with Crippen molar-refractivity contribution >= 4 is 11.6 Å². The van der Waals surface area contributed by atoms with Crippen molar-refractivity contribution in [3.63, 3.8) is 0 Å². The number of hydrogen-bond donors (Lipinski definition) is 2.